The molecule has 6 heteroatoms. The summed E-state index contributed by atoms with van der Waals surface area (Å²) in [6, 6.07) is 0. The van der Waals surface area contributed by atoms with Gasteiger partial charge < -0.3 is 14.2 Å². The summed E-state index contributed by atoms with van der Waals surface area (Å²) < 4.78 is 16.9. The van der Waals surface area contributed by atoms with Crippen LogP contribution in [0, 0.1) is 0 Å². The first-order valence-electron chi connectivity index (χ1n) is 35.0. The van der Waals surface area contributed by atoms with Crippen molar-refractivity contribution >= 4 is 17.9 Å². The van der Waals surface area contributed by atoms with Gasteiger partial charge in [0.25, 0.3) is 0 Å². The van der Waals surface area contributed by atoms with E-state index in [-0.39, 0.29) is 31.1 Å². The van der Waals surface area contributed by atoms with Crippen LogP contribution >= 0.6 is 0 Å². The maximum atomic E-state index is 12.9. The topological polar surface area (TPSA) is 78.9 Å². The molecule has 0 amide bonds. The van der Waals surface area contributed by atoms with E-state index in [0.717, 1.165) is 64.2 Å². The fourth-order valence-corrected chi connectivity index (χ4v) is 10.6. The van der Waals surface area contributed by atoms with Gasteiger partial charge in [0.05, 0.1) is 0 Å². The number of allylic oxidation sites excluding steroid dienone is 6. The molecule has 0 heterocycles. The Balaban J connectivity index is 3.93. The van der Waals surface area contributed by atoms with Crippen molar-refractivity contribution in [2.24, 2.45) is 0 Å². The highest BCUT2D eigenvalue weighted by atomic mass is 16.6. The van der Waals surface area contributed by atoms with Crippen LogP contribution in [-0.4, -0.2) is 37.2 Å². The molecule has 0 fully saturated rings. The monoisotopic (exact) mass is 1100 g/mol. The second-order valence-corrected chi connectivity index (χ2v) is 23.8. The van der Waals surface area contributed by atoms with Crippen molar-refractivity contribution < 1.29 is 28.6 Å². The molecule has 1 unspecified atom stereocenters. The molecule has 0 radical (unpaired) electrons. The van der Waals surface area contributed by atoms with E-state index in [0.29, 0.717) is 19.3 Å². The highest BCUT2D eigenvalue weighted by Crippen LogP contribution is 2.18. The lowest BCUT2D eigenvalue weighted by Gasteiger charge is -2.18. The zero-order valence-electron chi connectivity index (χ0n) is 52.7. The summed E-state index contributed by atoms with van der Waals surface area (Å²) in [5.41, 5.74) is 0. The van der Waals surface area contributed by atoms with Crippen molar-refractivity contribution in [2.75, 3.05) is 13.2 Å². The van der Waals surface area contributed by atoms with Crippen molar-refractivity contribution in [3.8, 4) is 0 Å². The van der Waals surface area contributed by atoms with E-state index in [2.05, 4.69) is 57.2 Å². The first kappa shape index (κ1) is 75.6. The van der Waals surface area contributed by atoms with E-state index in [4.69, 9.17) is 14.2 Å². The molecule has 0 N–H and O–H groups in total. The average molecular weight is 1100 g/mol. The van der Waals surface area contributed by atoms with Gasteiger partial charge in [-0.15, -0.1) is 0 Å². The first-order valence-corrected chi connectivity index (χ1v) is 35.0. The number of unbranched alkanes of at least 4 members (excludes halogenated alkanes) is 48. The van der Waals surface area contributed by atoms with Crippen molar-refractivity contribution in [2.45, 2.75) is 393 Å². The number of rotatable bonds is 65. The molecule has 0 saturated carbocycles. The molecule has 0 spiro atoms. The molecule has 0 saturated heterocycles. The molecule has 0 bridgehead atoms. The highest BCUT2D eigenvalue weighted by molar-refractivity contribution is 5.71. The van der Waals surface area contributed by atoms with E-state index in [1.54, 1.807) is 0 Å². The molecule has 0 aliphatic carbocycles. The second kappa shape index (κ2) is 67.1. The third-order valence-electron chi connectivity index (χ3n) is 15.9. The maximum absolute atomic E-state index is 12.9. The predicted molar refractivity (Wildman–Crippen MR) is 339 cm³/mol. The molecule has 0 aromatic heterocycles. The van der Waals surface area contributed by atoms with E-state index >= 15 is 0 Å². The van der Waals surface area contributed by atoms with Crippen molar-refractivity contribution in [1.29, 1.82) is 0 Å². The smallest absolute Gasteiger partial charge is 0.306 e. The van der Waals surface area contributed by atoms with Crippen LogP contribution in [0.1, 0.15) is 387 Å². The number of carbonyl (C=O) groups excluding carboxylic acids is 3. The van der Waals surface area contributed by atoms with Crippen LogP contribution in [0.4, 0.5) is 0 Å². The summed E-state index contributed by atoms with van der Waals surface area (Å²) in [5.74, 6) is -0.855. The molecule has 0 aliphatic rings. The number of hydrogen-bond acceptors (Lipinski definition) is 6. The number of ether oxygens (including phenoxy) is 3. The Morgan fingerprint density at radius 3 is 0.718 bits per heavy atom. The van der Waals surface area contributed by atoms with E-state index in [1.165, 1.54) is 283 Å². The lowest BCUT2D eigenvalue weighted by Crippen LogP contribution is -2.30. The Kier molecular flexibility index (Phi) is 65.1. The van der Waals surface area contributed by atoms with Crippen LogP contribution in [0.3, 0.4) is 0 Å². The van der Waals surface area contributed by atoms with Crippen LogP contribution in [-0.2, 0) is 28.6 Å². The summed E-state index contributed by atoms with van der Waals surface area (Å²) in [4.78, 5) is 38.1. The summed E-state index contributed by atoms with van der Waals surface area (Å²) in [6.07, 6.45) is 83.6. The Bertz CT molecular complexity index is 1300. The molecule has 0 aromatic rings. The molecule has 458 valence electrons. The van der Waals surface area contributed by atoms with Gasteiger partial charge in [-0.05, 0) is 77.0 Å². The van der Waals surface area contributed by atoms with Gasteiger partial charge in [0.2, 0.25) is 0 Å². The van der Waals surface area contributed by atoms with Gasteiger partial charge in [-0.2, -0.15) is 0 Å². The lowest BCUT2D eigenvalue weighted by atomic mass is 10.0. The quantitative estimate of drug-likeness (QED) is 0.0261. The van der Waals surface area contributed by atoms with Crippen molar-refractivity contribution in [3.63, 3.8) is 0 Å². The minimum Gasteiger partial charge on any atom is -0.462 e. The zero-order chi connectivity index (χ0) is 56.4. The van der Waals surface area contributed by atoms with Crippen LogP contribution in [0.2, 0.25) is 0 Å². The van der Waals surface area contributed by atoms with Gasteiger partial charge in [0.15, 0.2) is 6.10 Å². The average Bonchev–Trinajstić information content (AvgIpc) is 3.44. The van der Waals surface area contributed by atoms with Gasteiger partial charge >= 0.3 is 17.9 Å². The Morgan fingerprint density at radius 2 is 0.462 bits per heavy atom. The predicted octanol–water partition coefficient (Wildman–Crippen LogP) is 23.9. The van der Waals surface area contributed by atoms with Crippen molar-refractivity contribution in [3.05, 3.63) is 36.5 Å². The second-order valence-electron chi connectivity index (χ2n) is 23.8. The molecule has 0 rings (SSSR count). The Hall–Kier alpha value is -2.37. The minimum absolute atomic E-state index is 0.0683. The van der Waals surface area contributed by atoms with Gasteiger partial charge in [0.1, 0.15) is 13.2 Å². The maximum Gasteiger partial charge on any atom is 0.306 e. The van der Waals surface area contributed by atoms with Gasteiger partial charge in [-0.3, -0.25) is 14.4 Å². The minimum atomic E-state index is -0.769. The molecular formula is C72H134O6. The Morgan fingerprint density at radius 1 is 0.256 bits per heavy atom. The van der Waals surface area contributed by atoms with Gasteiger partial charge in [-0.1, -0.05) is 327 Å². The standard InChI is InChI=1S/C72H134O6/c1-4-7-10-13-16-18-20-22-24-26-28-29-30-31-32-33-34-35-36-37-38-39-40-41-42-43-44-46-47-49-51-53-56-59-62-65-71(74)77-68-69(67-76-70(73)64-61-58-55-15-12-9-6-3)78-72(75)66-63-60-57-54-52-50-48-45-27-25-23-21-19-17-14-11-8-5-2/h20,22,25-28,69H,4-19,21,23-24,29-68H2,1-3H3/b22-20-,27-25-,28-26-. The molecule has 6 nitrogen and oxygen atoms in total. The Labute approximate surface area is 486 Å². The molecular weight excluding hydrogens is 961 g/mol. The summed E-state index contributed by atoms with van der Waals surface area (Å²) in [5, 5.41) is 0. The van der Waals surface area contributed by atoms with Crippen LogP contribution in [0.15, 0.2) is 36.5 Å². The van der Waals surface area contributed by atoms with Crippen LogP contribution in [0.5, 0.6) is 0 Å². The third-order valence-corrected chi connectivity index (χ3v) is 15.9. The molecule has 0 aliphatic heterocycles. The fourth-order valence-electron chi connectivity index (χ4n) is 10.6. The summed E-state index contributed by atoms with van der Waals surface area (Å²) in [7, 11) is 0. The molecule has 78 heavy (non-hydrogen) atoms. The van der Waals surface area contributed by atoms with Crippen LogP contribution < -0.4 is 0 Å². The third kappa shape index (κ3) is 64.5. The number of carbonyl (C=O) groups is 3. The molecule has 0 aromatic carbocycles. The van der Waals surface area contributed by atoms with Gasteiger partial charge in [-0.25, -0.2) is 0 Å². The summed E-state index contributed by atoms with van der Waals surface area (Å²) >= 11 is 0. The SMILES string of the molecule is CCCCCCC/C=C\C/C=C\CCCCCCCCCCCCCCCCCCCCCCCCCC(=O)OCC(COC(=O)CCCCCCCCC)OC(=O)CCCCCCCCC/C=C\CCCCCCCCC. The highest BCUT2D eigenvalue weighted by Gasteiger charge is 2.19. The van der Waals surface area contributed by atoms with Crippen molar-refractivity contribution in [1.82, 2.24) is 0 Å². The largest absolute Gasteiger partial charge is 0.462 e. The number of hydrogen-bond donors (Lipinski definition) is 0. The summed E-state index contributed by atoms with van der Waals surface area (Å²) in [6.45, 7) is 6.64. The fraction of sp³-hybridized carbons (Fsp3) is 0.875. The van der Waals surface area contributed by atoms with Gasteiger partial charge in [0, 0.05) is 19.3 Å². The van der Waals surface area contributed by atoms with Crippen LogP contribution in [0.25, 0.3) is 0 Å². The first-order chi connectivity index (χ1) is 38.5. The molecule has 1 atom stereocenters. The normalized spacial score (nSPS) is 12.2. The van der Waals surface area contributed by atoms with E-state index in [9.17, 15) is 14.4 Å². The lowest BCUT2D eigenvalue weighted by molar-refractivity contribution is -0.167. The number of esters is 3. The zero-order valence-corrected chi connectivity index (χ0v) is 52.7. The van der Waals surface area contributed by atoms with E-state index in [1.807, 2.05) is 0 Å². The van der Waals surface area contributed by atoms with E-state index < -0.39 is 6.10 Å².